The Labute approximate surface area is 96.7 Å². The molecule has 0 spiro atoms. The molecule has 0 saturated carbocycles. The van der Waals surface area contributed by atoms with Gasteiger partial charge in [0.05, 0.1) is 11.6 Å². The Balaban J connectivity index is 2.45. The third-order valence-corrected chi connectivity index (χ3v) is 2.65. The van der Waals surface area contributed by atoms with Crippen LogP contribution in [0, 0.1) is 0 Å². The van der Waals surface area contributed by atoms with Gasteiger partial charge in [0.2, 0.25) is 0 Å². The van der Waals surface area contributed by atoms with Gasteiger partial charge < -0.3 is 15.2 Å². The molecule has 0 aromatic rings. The summed E-state index contributed by atoms with van der Waals surface area (Å²) >= 11 is 0. The van der Waals surface area contributed by atoms with Crippen molar-refractivity contribution >= 4 is 6.09 Å². The quantitative estimate of drug-likeness (QED) is 0.709. The maximum atomic E-state index is 11.5. The molecule has 1 unspecified atom stereocenters. The number of carbonyl (C=O) groups excluding carboxylic acids is 1. The van der Waals surface area contributed by atoms with Gasteiger partial charge >= 0.3 is 6.09 Å². The number of ether oxygens (including phenoxy) is 1. The lowest BCUT2D eigenvalue weighted by molar-refractivity contribution is 0.00663. The highest BCUT2D eigenvalue weighted by Gasteiger charge is 2.35. The molecule has 4 nitrogen and oxygen atoms in total. The van der Waals surface area contributed by atoms with Gasteiger partial charge in [-0.15, -0.1) is 0 Å². The van der Waals surface area contributed by atoms with Crippen LogP contribution in [-0.2, 0) is 4.74 Å². The second kappa shape index (κ2) is 4.45. The molecule has 92 valence electrons. The first-order valence-electron chi connectivity index (χ1n) is 5.60. The first-order chi connectivity index (χ1) is 7.23. The maximum Gasteiger partial charge on any atom is 0.407 e. The predicted molar refractivity (Wildman–Crippen MR) is 62.2 cm³/mol. The fourth-order valence-corrected chi connectivity index (χ4v) is 1.63. The number of hydrogen-bond donors (Lipinski definition) is 2. The summed E-state index contributed by atoms with van der Waals surface area (Å²) in [6, 6.07) is -0.322. The van der Waals surface area contributed by atoms with Gasteiger partial charge in [-0.2, -0.15) is 0 Å². The first kappa shape index (κ1) is 13.0. The van der Waals surface area contributed by atoms with Gasteiger partial charge in [0.15, 0.2) is 0 Å². The van der Waals surface area contributed by atoms with Crippen LogP contribution >= 0.6 is 0 Å². The SMILES string of the molecule is CC(NC(=O)OC(C)(C)C)C1(O)CC=CC1. The van der Waals surface area contributed by atoms with E-state index in [0.717, 1.165) is 0 Å². The van der Waals surface area contributed by atoms with Crippen LogP contribution in [0.3, 0.4) is 0 Å². The van der Waals surface area contributed by atoms with Gasteiger partial charge in [0.1, 0.15) is 5.60 Å². The van der Waals surface area contributed by atoms with E-state index in [-0.39, 0.29) is 6.04 Å². The number of alkyl carbamates (subject to hydrolysis) is 1. The molecule has 1 amide bonds. The summed E-state index contributed by atoms with van der Waals surface area (Å²) in [5.41, 5.74) is -1.38. The lowest BCUT2D eigenvalue weighted by Gasteiger charge is -2.31. The Hall–Kier alpha value is -1.03. The molecule has 0 fully saturated rings. The maximum absolute atomic E-state index is 11.5. The molecule has 0 bridgehead atoms. The summed E-state index contributed by atoms with van der Waals surface area (Å²) in [7, 11) is 0. The normalized spacial score (nSPS) is 20.6. The molecule has 1 atom stereocenters. The van der Waals surface area contributed by atoms with Crippen molar-refractivity contribution in [2.45, 2.75) is 57.8 Å². The fraction of sp³-hybridized carbons (Fsp3) is 0.750. The highest BCUT2D eigenvalue weighted by Crippen LogP contribution is 2.27. The van der Waals surface area contributed by atoms with Crippen LogP contribution in [0.15, 0.2) is 12.2 Å². The van der Waals surface area contributed by atoms with Crippen molar-refractivity contribution in [3.63, 3.8) is 0 Å². The van der Waals surface area contributed by atoms with Crippen LogP contribution in [0.4, 0.5) is 4.79 Å². The zero-order valence-corrected chi connectivity index (χ0v) is 10.4. The molecule has 0 radical (unpaired) electrons. The zero-order chi connectivity index (χ0) is 12.4. The highest BCUT2D eigenvalue weighted by atomic mass is 16.6. The number of carbonyl (C=O) groups is 1. The molecule has 0 heterocycles. The smallest absolute Gasteiger partial charge is 0.407 e. The van der Waals surface area contributed by atoms with E-state index >= 15 is 0 Å². The Kier molecular flexibility index (Phi) is 3.63. The molecule has 2 N–H and O–H groups in total. The van der Waals surface area contributed by atoms with Crippen LogP contribution in [-0.4, -0.2) is 28.4 Å². The zero-order valence-electron chi connectivity index (χ0n) is 10.4. The molecular formula is C12H21NO3. The van der Waals surface area contributed by atoms with E-state index < -0.39 is 17.3 Å². The molecular weight excluding hydrogens is 206 g/mol. The summed E-state index contributed by atoms with van der Waals surface area (Å²) in [6.45, 7) is 7.21. The third kappa shape index (κ3) is 3.52. The van der Waals surface area contributed by atoms with Gasteiger partial charge in [0.25, 0.3) is 0 Å². The summed E-state index contributed by atoms with van der Waals surface area (Å²) < 4.78 is 5.13. The van der Waals surface area contributed by atoms with E-state index in [1.807, 2.05) is 32.9 Å². The molecule has 1 aliphatic carbocycles. The number of amides is 1. The van der Waals surface area contributed by atoms with Crippen molar-refractivity contribution in [2.24, 2.45) is 0 Å². The Morgan fingerprint density at radius 1 is 1.44 bits per heavy atom. The number of aliphatic hydroxyl groups is 1. The minimum Gasteiger partial charge on any atom is -0.444 e. The minimum absolute atomic E-state index is 0.322. The molecule has 1 aliphatic rings. The summed E-state index contributed by atoms with van der Waals surface area (Å²) in [6.07, 6.45) is 4.51. The summed E-state index contributed by atoms with van der Waals surface area (Å²) in [5, 5.41) is 12.8. The van der Waals surface area contributed by atoms with E-state index in [9.17, 15) is 9.90 Å². The van der Waals surface area contributed by atoms with Crippen molar-refractivity contribution in [3.8, 4) is 0 Å². The van der Waals surface area contributed by atoms with Crippen molar-refractivity contribution in [1.82, 2.24) is 5.32 Å². The average molecular weight is 227 g/mol. The molecule has 16 heavy (non-hydrogen) atoms. The molecule has 0 saturated heterocycles. The Morgan fingerprint density at radius 3 is 2.38 bits per heavy atom. The fourth-order valence-electron chi connectivity index (χ4n) is 1.63. The van der Waals surface area contributed by atoms with Crippen LogP contribution in [0.1, 0.15) is 40.5 Å². The largest absolute Gasteiger partial charge is 0.444 e. The predicted octanol–water partition coefficient (Wildman–Crippen LogP) is 1.98. The molecule has 0 aliphatic heterocycles. The molecule has 0 aromatic heterocycles. The van der Waals surface area contributed by atoms with Crippen molar-refractivity contribution in [1.29, 1.82) is 0 Å². The van der Waals surface area contributed by atoms with Crippen molar-refractivity contribution < 1.29 is 14.6 Å². The third-order valence-electron chi connectivity index (χ3n) is 2.65. The van der Waals surface area contributed by atoms with Gasteiger partial charge in [-0.1, -0.05) is 12.2 Å². The minimum atomic E-state index is -0.864. The van der Waals surface area contributed by atoms with Crippen molar-refractivity contribution in [2.75, 3.05) is 0 Å². The lowest BCUT2D eigenvalue weighted by Crippen LogP contribution is -2.50. The monoisotopic (exact) mass is 227 g/mol. The van der Waals surface area contributed by atoms with Crippen LogP contribution < -0.4 is 5.32 Å². The lowest BCUT2D eigenvalue weighted by atomic mass is 9.93. The van der Waals surface area contributed by atoms with E-state index in [1.54, 1.807) is 6.92 Å². The van der Waals surface area contributed by atoms with Gasteiger partial charge in [0, 0.05) is 0 Å². The van der Waals surface area contributed by atoms with Gasteiger partial charge in [-0.25, -0.2) is 4.79 Å². The number of nitrogens with one attached hydrogen (secondary N) is 1. The van der Waals surface area contributed by atoms with Crippen LogP contribution in [0.2, 0.25) is 0 Å². The average Bonchev–Trinajstić information content (AvgIpc) is 2.49. The van der Waals surface area contributed by atoms with Gasteiger partial charge in [-0.3, -0.25) is 0 Å². The molecule has 0 aromatic carbocycles. The summed E-state index contributed by atoms with van der Waals surface area (Å²) in [5.74, 6) is 0. The van der Waals surface area contributed by atoms with Crippen LogP contribution in [0.5, 0.6) is 0 Å². The molecule has 4 heteroatoms. The van der Waals surface area contributed by atoms with E-state index in [0.29, 0.717) is 12.8 Å². The van der Waals surface area contributed by atoms with E-state index in [4.69, 9.17) is 4.74 Å². The van der Waals surface area contributed by atoms with Crippen molar-refractivity contribution in [3.05, 3.63) is 12.2 Å². The highest BCUT2D eigenvalue weighted by molar-refractivity contribution is 5.68. The van der Waals surface area contributed by atoms with E-state index in [2.05, 4.69) is 5.32 Å². The molecule has 1 rings (SSSR count). The number of hydrogen-bond acceptors (Lipinski definition) is 3. The Bertz CT molecular complexity index is 283. The first-order valence-corrected chi connectivity index (χ1v) is 5.60. The van der Waals surface area contributed by atoms with E-state index in [1.165, 1.54) is 0 Å². The topological polar surface area (TPSA) is 58.6 Å². The Morgan fingerprint density at radius 2 is 1.94 bits per heavy atom. The standard InChI is InChI=1S/C12H21NO3/c1-9(12(15)7-5-6-8-12)13-10(14)16-11(2,3)4/h5-6,9,15H,7-8H2,1-4H3,(H,13,14). The second-order valence-electron chi connectivity index (χ2n) is 5.35. The summed E-state index contributed by atoms with van der Waals surface area (Å²) in [4.78, 5) is 11.5. The van der Waals surface area contributed by atoms with Gasteiger partial charge in [-0.05, 0) is 40.5 Å². The van der Waals surface area contributed by atoms with Crippen LogP contribution in [0.25, 0.3) is 0 Å². The second-order valence-corrected chi connectivity index (χ2v) is 5.35. The number of rotatable bonds is 2.